The molecule has 0 bridgehead atoms. The van der Waals surface area contributed by atoms with Crippen LogP contribution >= 0.6 is 0 Å². The first-order valence-electron chi connectivity index (χ1n) is 34.3. The fraction of sp³-hybridized carbons (Fsp3) is 0.732. The Kier molecular flexibility index (Phi) is 37.5. The number of rotatable bonds is 47. The number of likely N-dealkylation sites (N-methyl/N-ethyl adjacent to an activating group) is 1. The van der Waals surface area contributed by atoms with E-state index in [1.807, 2.05) is 50.9 Å². The number of carbonyl (C=O) groups excluding carboxylic acids is 6. The number of ether oxygens (including phenoxy) is 5. The number of aromatic nitrogens is 3. The normalized spacial score (nSPS) is 14.4. The molecular formula is C71H112N6O11. The van der Waals surface area contributed by atoms with Crippen LogP contribution in [0.5, 0.6) is 5.75 Å². The van der Waals surface area contributed by atoms with Crippen LogP contribution in [0.15, 0.2) is 30.7 Å². The fourth-order valence-electron chi connectivity index (χ4n) is 11.9. The van der Waals surface area contributed by atoms with E-state index in [1.165, 1.54) is 139 Å². The van der Waals surface area contributed by atoms with E-state index in [1.54, 1.807) is 17.2 Å². The Balaban J connectivity index is 1.16. The molecule has 1 aliphatic heterocycles. The molecule has 17 heteroatoms. The predicted octanol–water partition coefficient (Wildman–Crippen LogP) is 16.7. The van der Waals surface area contributed by atoms with Crippen LogP contribution in [-0.2, 0) is 49.5 Å². The highest BCUT2D eigenvalue weighted by molar-refractivity contribution is 5.93. The topological polar surface area (TPSA) is 210 Å². The van der Waals surface area contributed by atoms with Crippen molar-refractivity contribution in [1.29, 1.82) is 5.26 Å². The number of piperidine rings is 1. The van der Waals surface area contributed by atoms with E-state index in [0.717, 1.165) is 80.9 Å². The van der Waals surface area contributed by atoms with Crippen molar-refractivity contribution in [3.63, 3.8) is 0 Å². The van der Waals surface area contributed by atoms with Crippen molar-refractivity contribution in [2.45, 2.75) is 291 Å². The molecule has 1 saturated heterocycles. The zero-order chi connectivity index (χ0) is 63.7. The van der Waals surface area contributed by atoms with Gasteiger partial charge in [-0.05, 0) is 86.3 Å². The number of likely N-dealkylation sites (tertiary alicyclic amines) is 1. The molecule has 3 atom stereocenters. The molecule has 1 aromatic carbocycles. The number of fused-ring (bicyclic) bond motifs is 1. The summed E-state index contributed by atoms with van der Waals surface area (Å²) in [6.07, 6.45) is 37.6. The SMILES string of the molecule is CCCCCCCCCCCCCCCC(=O)OCC(COC(=O)CCCCCCCCCCCCCCC)OC(=O)CC(C)CCCCCC(=O)Oc1c(C)cc(COC(=O)n2ccc3c(N(C)[C@H]4CN(C(=O)CC#N)CC[C@H]4C)ncnc32)cc1C. The van der Waals surface area contributed by atoms with Gasteiger partial charge in [0.15, 0.2) is 11.8 Å². The highest BCUT2D eigenvalue weighted by Crippen LogP contribution is 2.31. The molecule has 1 unspecified atom stereocenters. The second-order valence-electron chi connectivity index (χ2n) is 25.2. The Hall–Kier alpha value is -6.05. The standard InChI is InChI=1S/C71H112N6O11/c1-8-10-12-14-16-18-20-22-24-26-28-30-34-38-64(79)84-52-60(53-85-65(80)39-35-31-29-27-25-23-21-19-17-15-13-11-9-2)87-67(82)47-55(3)37-33-32-36-40-66(81)88-68-57(5)48-59(49-58(68)6)51-86-71(83)77-46-43-61-69(73-54-74-70(61)77)75(7)62-50-76(45-42-56(62)4)63(78)41-44-72/h43,46,48-49,54-56,60,62H,8-42,45,47,50-53H2,1-7H3/t55?,56-,62+/m1/s1. The van der Waals surface area contributed by atoms with E-state index in [0.29, 0.717) is 55.0 Å². The minimum absolute atomic E-state index is 0.00434. The van der Waals surface area contributed by atoms with Crippen LogP contribution in [0.1, 0.15) is 276 Å². The second-order valence-corrected chi connectivity index (χ2v) is 25.2. The second kappa shape index (κ2) is 44.4. The summed E-state index contributed by atoms with van der Waals surface area (Å²) in [5.74, 6) is -0.324. The Labute approximate surface area is 528 Å². The van der Waals surface area contributed by atoms with Crippen molar-refractivity contribution in [3.8, 4) is 11.8 Å². The van der Waals surface area contributed by atoms with Gasteiger partial charge in [0.2, 0.25) is 5.91 Å². The average Bonchev–Trinajstić information content (AvgIpc) is 3.50. The third-order valence-electron chi connectivity index (χ3n) is 17.3. The molecule has 1 fully saturated rings. The number of nitriles is 1. The molecular weight excluding hydrogens is 1110 g/mol. The Morgan fingerprint density at radius 2 is 1.15 bits per heavy atom. The van der Waals surface area contributed by atoms with Crippen LogP contribution in [0.4, 0.5) is 10.6 Å². The number of esters is 4. The first-order chi connectivity index (χ1) is 42.6. The summed E-state index contributed by atoms with van der Waals surface area (Å²) in [6, 6.07) is 7.33. The average molecular weight is 1230 g/mol. The predicted molar refractivity (Wildman–Crippen MR) is 347 cm³/mol. The van der Waals surface area contributed by atoms with E-state index in [-0.39, 0.29) is 80.8 Å². The van der Waals surface area contributed by atoms with E-state index < -0.39 is 18.2 Å². The van der Waals surface area contributed by atoms with Crippen molar-refractivity contribution in [2.24, 2.45) is 11.8 Å². The number of anilines is 1. The van der Waals surface area contributed by atoms with Crippen LogP contribution in [-0.4, -0.2) is 101 Å². The molecule has 1 aliphatic rings. The van der Waals surface area contributed by atoms with Crippen molar-refractivity contribution in [2.75, 3.05) is 38.3 Å². The minimum atomic E-state index is -0.893. The maximum atomic E-state index is 13.5. The number of benzene rings is 1. The lowest BCUT2D eigenvalue weighted by molar-refractivity contribution is -0.167. The molecule has 88 heavy (non-hydrogen) atoms. The summed E-state index contributed by atoms with van der Waals surface area (Å²) in [5.41, 5.74) is 2.56. The van der Waals surface area contributed by atoms with Crippen LogP contribution < -0.4 is 9.64 Å². The van der Waals surface area contributed by atoms with Crippen LogP contribution in [0.25, 0.3) is 11.0 Å². The third kappa shape index (κ3) is 29.5. The monoisotopic (exact) mass is 1220 g/mol. The van der Waals surface area contributed by atoms with E-state index >= 15 is 0 Å². The summed E-state index contributed by atoms with van der Waals surface area (Å²) in [4.78, 5) is 90.7. The van der Waals surface area contributed by atoms with Crippen molar-refractivity contribution in [3.05, 3.63) is 47.4 Å². The van der Waals surface area contributed by atoms with E-state index in [9.17, 15) is 28.8 Å². The van der Waals surface area contributed by atoms with Crippen LogP contribution in [0.2, 0.25) is 0 Å². The molecule has 17 nitrogen and oxygen atoms in total. The smallest absolute Gasteiger partial charge is 0.420 e. The molecule has 0 saturated carbocycles. The molecule has 492 valence electrons. The highest BCUT2D eigenvalue weighted by Gasteiger charge is 2.33. The maximum Gasteiger partial charge on any atom is 0.420 e. The Morgan fingerprint density at radius 1 is 0.659 bits per heavy atom. The van der Waals surface area contributed by atoms with Gasteiger partial charge in [-0.25, -0.2) is 19.3 Å². The highest BCUT2D eigenvalue weighted by atomic mass is 16.6. The lowest BCUT2D eigenvalue weighted by atomic mass is 9.92. The quantitative estimate of drug-likeness (QED) is 0.0223. The Bertz CT molecular complexity index is 2490. The van der Waals surface area contributed by atoms with Gasteiger partial charge in [-0.2, -0.15) is 5.26 Å². The van der Waals surface area contributed by atoms with Crippen LogP contribution in [0, 0.1) is 37.0 Å². The maximum absolute atomic E-state index is 13.5. The van der Waals surface area contributed by atoms with Gasteiger partial charge < -0.3 is 33.5 Å². The van der Waals surface area contributed by atoms with Gasteiger partial charge in [0.25, 0.3) is 0 Å². The van der Waals surface area contributed by atoms with Gasteiger partial charge >= 0.3 is 30.0 Å². The Morgan fingerprint density at radius 3 is 1.66 bits per heavy atom. The molecule has 0 spiro atoms. The van der Waals surface area contributed by atoms with Crippen molar-refractivity contribution in [1.82, 2.24) is 19.4 Å². The van der Waals surface area contributed by atoms with Crippen LogP contribution in [0.3, 0.4) is 0 Å². The largest absolute Gasteiger partial charge is 0.462 e. The van der Waals surface area contributed by atoms with Gasteiger partial charge in [-0.1, -0.05) is 201 Å². The molecule has 0 radical (unpaired) electrons. The summed E-state index contributed by atoms with van der Waals surface area (Å²) < 4.78 is 29.9. The molecule has 3 heterocycles. The molecule has 0 aliphatic carbocycles. The van der Waals surface area contributed by atoms with Crippen molar-refractivity contribution >= 4 is 52.7 Å². The molecule has 3 aromatic rings. The number of aryl methyl sites for hydroxylation is 2. The molecule has 1 amide bonds. The minimum Gasteiger partial charge on any atom is -0.462 e. The number of carbonyl (C=O) groups is 6. The number of unbranched alkanes of at least 4 members (excludes halogenated alkanes) is 26. The molecule has 2 aromatic heterocycles. The van der Waals surface area contributed by atoms with Gasteiger partial charge in [-0.3, -0.25) is 24.0 Å². The van der Waals surface area contributed by atoms with Gasteiger partial charge in [0.1, 0.15) is 44.1 Å². The summed E-state index contributed by atoms with van der Waals surface area (Å²) in [7, 11) is 1.92. The van der Waals surface area contributed by atoms with Crippen molar-refractivity contribution < 1.29 is 52.5 Å². The van der Waals surface area contributed by atoms with Gasteiger partial charge in [-0.15, -0.1) is 0 Å². The fourth-order valence-corrected chi connectivity index (χ4v) is 11.9. The summed E-state index contributed by atoms with van der Waals surface area (Å²) >= 11 is 0. The molecule has 4 rings (SSSR count). The number of nitrogens with zero attached hydrogens (tertiary/aromatic N) is 6. The summed E-state index contributed by atoms with van der Waals surface area (Å²) in [6.45, 7) is 13.0. The zero-order valence-corrected chi connectivity index (χ0v) is 55.4. The first kappa shape index (κ1) is 74.4. The van der Waals surface area contributed by atoms with Gasteiger partial charge in [0.05, 0.1) is 17.5 Å². The van der Waals surface area contributed by atoms with E-state index in [2.05, 4.69) is 30.7 Å². The first-order valence-corrected chi connectivity index (χ1v) is 34.3. The lowest BCUT2D eigenvalue weighted by Crippen LogP contribution is -2.52. The zero-order valence-electron chi connectivity index (χ0n) is 55.4. The third-order valence-corrected chi connectivity index (χ3v) is 17.3. The lowest BCUT2D eigenvalue weighted by Gasteiger charge is -2.42. The van der Waals surface area contributed by atoms with E-state index in [4.69, 9.17) is 28.9 Å². The number of hydrogen-bond donors (Lipinski definition) is 0. The van der Waals surface area contributed by atoms with Gasteiger partial charge in [0, 0.05) is 52.0 Å². The number of amides is 1. The molecule has 0 N–H and O–H groups in total. The number of hydrogen-bond acceptors (Lipinski definition) is 15. The summed E-state index contributed by atoms with van der Waals surface area (Å²) in [5, 5.41) is 9.74.